The Kier molecular flexibility index (Phi) is 6.50. The molecule has 0 unspecified atom stereocenters. The van der Waals surface area contributed by atoms with Gasteiger partial charge in [-0.05, 0) is 25.5 Å². The number of hydrogen-bond acceptors (Lipinski definition) is 2. The molecule has 18 heavy (non-hydrogen) atoms. The molecule has 1 rings (SSSR count). The maximum atomic E-state index is 13.4. The normalized spacial score (nSPS) is 12.2. The number of halogens is 2. The first-order valence-corrected chi connectivity index (χ1v) is 7.37. The topological polar surface area (TPSA) is 29.1 Å². The summed E-state index contributed by atoms with van der Waals surface area (Å²) in [4.78, 5) is 11.5. The maximum absolute atomic E-state index is 13.4. The minimum atomic E-state index is -0.322. The summed E-state index contributed by atoms with van der Waals surface area (Å²) in [7, 11) is 0. The average molecular weight is 290 g/mol. The lowest BCUT2D eigenvalue weighted by atomic mass is 10.2. The highest BCUT2D eigenvalue weighted by Crippen LogP contribution is 2.23. The fraction of sp³-hybridized carbons (Fsp3) is 0.462. The van der Waals surface area contributed by atoms with Gasteiger partial charge < -0.3 is 5.32 Å². The first kappa shape index (κ1) is 15.3. The summed E-state index contributed by atoms with van der Waals surface area (Å²) in [5.74, 6) is 0.369. The second kappa shape index (κ2) is 7.64. The van der Waals surface area contributed by atoms with E-state index in [0.29, 0.717) is 22.1 Å². The molecule has 1 amide bonds. The molecule has 0 bridgehead atoms. The van der Waals surface area contributed by atoms with Gasteiger partial charge in [-0.3, -0.25) is 4.79 Å². The van der Waals surface area contributed by atoms with Crippen LogP contribution in [0.25, 0.3) is 0 Å². The van der Waals surface area contributed by atoms with Gasteiger partial charge in [-0.25, -0.2) is 4.39 Å². The zero-order valence-corrected chi connectivity index (χ0v) is 12.1. The van der Waals surface area contributed by atoms with Crippen molar-refractivity contribution in [2.24, 2.45) is 0 Å². The number of carbonyl (C=O) groups is 1. The van der Waals surface area contributed by atoms with Gasteiger partial charge in [-0.15, -0.1) is 11.8 Å². The first-order chi connectivity index (χ1) is 8.54. The van der Waals surface area contributed by atoms with Crippen molar-refractivity contribution < 1.29 is 9.18 Å². The molecule has 0 saturated carbocycles. The Morgan fingerprint density at radius 3 is 2.89 bits per heavy atom. The molecule has 0 aliphatic heterocycles. The van der Waals surface area contributed by atoms with E-state index in [9.17, 15) is 9.18 Å². The fourth-order valence-corrected chi connectivity index (χ4v) is 2.51. The van der Waals surface area contributed by atoms with E-state index in [1.807, 2.05) is 13.8 Å². The monoisotopic (exact) mass is 289 g/mol. The molecular formula is C13H17ClFNOS. The number of nitrogens with one attached hydrogen (secondary N) is 1. The molecule has 1 aromatic rings. The van der Waals surface area contributed by atoms with Crippen molar-refractivity contribution in [1.29, 1.82) is 0 Å². The third kappa shape index (κ3) is 4.86. The van der Waals surface area contributed by atoms with E-state index in [0.717, 1.165) is 6.42 Å². The van der Waals surface area contributed by atoms with Crippen LogP contribution in [-0.2, 0) is 10.5 Å². The van der Waals surface area contributed by atoms with Crippen LogP contribution >= 0.6 is 23.4 Å². The third-order valence-electron chi connectivity index (χ3n) is 2.56. The highest BCUT2D eigenvalue weighted by molar-refractivity contribution is 7.99. The zero-order chi connectivity index (χ0) is 13.5. The Morgan fingerprint density at radius 1 is 1.56 bits per heavy atom. The molecular weight excluding hydrogens is 273 g/mol. The number of benzene rings is 1. The molecule has 100 valence electrons. The second-order valence-corrected chi connectivity index (χ2v) is 5.46. The van der Waals surface area contributed by atoms with Crippen molar-refractivity contribution in [3.05, 3.63) is 34.6 Å². The van der Waals surface area contributed by atoms with Gasteiger partial charge in [0.15, 0.2) is 0 Å². The Morgan fingerprint density at radius 2 is 2.28 bits per heavy atom. The molecule has 5 heteroatoms. The van der Waals surface area contributed by atoms with Crippen molar-refractivity contribution >= 4 is 29.3 Å². The number of amides is 1. The Labute approximate surface area is 116 Å². The molecule has 0 fully saturated rings. The van der Waals surface area contributed by atoms with Crippen molar-refractivity contribution in [2.75, 3.05) is 5.75 Å². The summed E-state index contributed by atoms with van der Waals surface area (Å²) < 4.78 is 13.4. The molecule has 0 spiro atoms. The summed E-state index contributed by atoms with van der Waals surface area (Å²) in [6.45, 7) is 3.97. The summed E-state index contributed by atoms with van der Waals surface area (Å²) in [6, 6.07) is 4.78. The van der Waals surface area contributed by atoms with Crippen LogP contribution in [0.5, 0.6) is 0 Å². The van der Waals surface area contributed by atoms with Gasteiger partial charge >= 0.3 is 0 Å². The number of rotatable bonds is 6. The van der Waals surface area contributed by atoms with Gasteiger partial charge in [0.25, 0.3) is 0 Å². The Hall–Kier alpha value is -0.740. The van der Waals surface area contributed by atoms with Gasteiger partial charge in [-0.1, -0.05) is 24.6 Å². The molecule has 1 N–H and O–H groups in total. The lowest BCUT2D eigenvalue weighted by molar-refractivity contribution is -0.119. The third-order valence-corrected chi connectivity index (χ3v) is 3.87. The van der Waals surface area contributed by atoms with E-state index >= 15 is 0 Å². The van der Waals surface area contributed by atoms with Crippen LogP contribution in [0.2, 0.25) is 5.02 Å². The Balaban J connectivity index is 2.40. The lowest BCUT2D eigenvalue weighted by Gasteiger charge is -2.11. The van der Waals surface area contributed by atoms with Crippen LogP contribution < -0.4 is 5.32 Å². The molecule has 0 heterocycles. The number of carbonyl (C=O) groups excluding carboxylic acids is 1. The Bertz CT molecular complexity index is 394. The molecule has 0 aliphatic carbocycles. The smallest absolute Gasteiger partial charge is 0.230 e. The van der Waals surface area contributed by atoms with Gasteiger partial charge in [0, 0.05) is 22.4 Å². The molecule has 0 saturated heterocycles. The number of thioether (sulfide) groups is 1. The number of hydrogen-bond donors (Lipinski definition) is 1. The molecule has 1 atom stereocenters. The van der Waals surface area contributed by atoms with Crippen molar-refractivity contribution in [3.63, 3.8) is 0 Å². The molecule has 0 radical (unpaired) electrons. The molecule has 0 aromatic heterocycles. The predicted octanol–water partition coefficient (Wildman–Crippen LogP) is 3.63. The largest absolute Gasteiger partial charge is 0.353 e. The average Bonchev–Trinajstić information content (AvgIpc) is 2.32. The van der Waals surface area contributed by atoms with Gasteiger partial charge in [-0.2, -0.15) is 0 Å². The highest BCUT2D eigenvalue weighted by atomic mass is 35.5. The molecule has 1 aromatic carbocycles. The van der Waals surface area contributed by atoms with E-state index in [4.69, 9.17) is 11.6 Å². The summed E-state index contributed by atoms with van der Waals surface area (Å²) in [6.07, 6.45) is 0.898. The maximum Gasteiger partial charge on any atom is 0.230 e. The van der Waals surface area contributed by atoms with Gasteiger partial charge in [0.1, 0.15) is 5.82 Å². The minimum Gasteiger partial charge on any atom is -0.353 e. The van der Waals surface area contributed by atoms with Gasteiger partial charge in [0.05, 0.1) is 5.75 Å². The van der Waals surface area contributed by atoms with Crippen LogP contribution in [-0.4, -0.2) is 17.7 Å². The quantitative estimate of drug-likeness (QED) is 0.866. The van der Waals surface area contributed by atoms with Crippen LogP contribution in [0.3, 0.4) is 0 Å². The molecule has 2 nitrogen and oxygen atoms in total. The van der Waals surface area contributed by atoms with Crippen molar-refractivity contribution in [1.82, 2.24) is 5.32 Å². The lowest BCUT2D eigenvalue weighted by Crippen LogP contribution is -2.33. The van der Waals surface area contributed by atoms with Crippen molar-refractivity contribution in [3.8, 4) is 0 Å². The summed E-state index contributed by atoms with van der Waals surface area (Å²) in [5, 5.41) is 3.27. The zero-order valence-electron chi connectivity index (χ0n) is 10.5. The SMILES string of the molecule is CC[C@H](C)NC(=O)CSCc1c(F)cccc1Cl. The van der Waals surface area contributed by atoms with Gasteiger partial charge in [0.2, 0.25) is 5.91 Å². The standard InChI is InChI=1S/C13H17ClFNOS/c1-3-9(2)16-13(17)8-18-7-10-11(14)5-4-6-12(10)15/h4-6,9H,3,7-8H2,1-2H3,(H,16,17)/t9-/m0/s1. The van der Waals surface area contributed by atoms with Crippen molar-refractivity contribution in [2.45, 2.75) is 32.1 Å². The molecule has 0 aliphatic rings. The summed E-state index contributed by atoms with van der Waals surface area (Å²) >= 11 is 7.26. The van der Waals surface area contributed by atoms with Crippen LogP contribution in [0.1, 0.15) is 25.8 Å². The minimum absolute atomic E-state index is 0.0261. The van der Waals surface area contributed by atoms with Crippen LogP contribution in [0.4, 0.5) is 4.39 Å². The van der Waals surface area contributed by atoms with E-state index < -0.39 is 0 Å². The van der Waals surface area contributed by atoms with E-state index in [2.05, 4.69) is 5.32 Å². The highest BCUT2D eigenvalue weighted by Gasteiger charge is 2.09. The van der Waals surface area contributed by atoms with E-state index in [1.54, 1.807) is 12.1 Å². The first-order valence-electron chi connectivity index (χ1n) is 5.84. The fourth-order valence-electron chi connectivity index (χ4n) is 1.33. The summed E-state index contributed by atoms with van der Waals surface area (Å²) in [5.41, 5.74) is 0.459. The van der Waals surface area contributed by atoms with Crippen LogP contribution in [0.15, 0.2) is 18.2 Å². The van der Waals surface area contributed by atoms with E-state index in [-0.39, 0.29) is 17.8 Å². The predicted molar refractivity (Wildman–Crippen MR) is 75.5 cm³/mol. The second-order valence-electron chi connectivity index (χ2n) is 4.07. The van der Waals surface area contributed by atoms with Crippen LogP contribution in [0, 0.1) is 5.82 Å². The van der Waals surface area contributed by atoms with E-state index in [1.165, 1.54) is 17.8 Å².